The number of nitrogens with one attached hydrogen (secondary N) is 2. The van der Waals surface area contributed by atoms with Crippen molar-refractivity contribution in [3.05, 3.63) is 53.3 Å². The summed E-state index contributed by atoms with van der Waals surface area (Å²) < 4.78 is 5.33. The molecule has 2 aromatic rings. The summed E-state index contributed by atoms with van der Waals surface area (Å²) in [4.78, 5) is 18.9. The highest BCUT2D eigenvalue weighted by molar-refractivity contribution is 5.94. The Morgan fingerprint density at radius 1 is 1.08 bits per heavy atom. The number of rotatable bonds is 6. The van der Waals surface area contributed by atoms with E-state index in [2.05, 4.69) is 52.6 Å². The lowest BCUT2D eigenvalue weighted by Crippen LogP contribution is -2.41. The molecule has 1 aliphatic heterocycles. The first-order valence-corrected chi connectivity index (χ1v) is 8.99. The summed E-state index contributed by atoms with van der Waals surface area (Å²) in [6, 6.07) is 8.10. The third-order valence-electron chi connectivity index (χ3n) is 4.33. The Bertz CT molecular complexity index is 737. The van der Waals surface area contributed by atoms with E-state index < -0.39 is 0 Å². The molecule has 0 radical (unpaired) electrons. The molecule has 138 valence electrons. The number of hydrogen-bond acceptors (Lipinski definition) is 5. The molecular weight excluding hydrogens is 328 g/mol. The van der Waals surface area contributed by atoms with Crippen molar-refractivity contribution in [1.82, 2.24) is 15.2 Å². The lowest BCUT2D eigenvalue weighted by molar-refractivity contribution is 0.0383. The molecule has 2 heterocycles. The van der Waals surface area contributed by atoms with Crippen molar-refractivity contribution in [1.29, 1.82) is 0 Å². The van der Waals surface area contributed by atoms with Gasteiger partial charge in [-0.05, 0) is 43.2 Å². The predicted molar refractivity (Wildman–Crippen MR) is 103 cm³/mol. The zero-order valence-corrected chi connectivity index (χ0v) is 15.4. The van der Waals surface area contributed by atoms with Gasteiger partial charge in [-0.2, -0.15) is 0 Å². The molecule has 0 atom stereocenters. The molecule has 0 spiro atoms. The van der Waals surface area contributed by atoms with Gasteiger partial charge >= 0.3 is 0 Å². The van der Waals surface area contributed by atoms with Crippen LogP contribution in [0.25, 0.3) is 0 Å². The highest BCUT2D eigenvalue weighted by Crippen LogP contribution is 2.19. The van der Waals surface area contributed by atoms with E-state index in [1.165, 1.54) is 11.1 Å². The number of anilines is 2. The molecule has 6 heteroatoms. The van der Waals surface area contributed by atoms with Gasteiger partial charge in [0.15, 0.2) is 0 Å². The van der Waals surface area contributed by atoms with Crippen LogP contribution in [0.3, 0.4) is 0 Å². The maximum Gasteiger partial charge on any atom is 0.252 e. The lowest BCUT2D eigenvalue weighted by atomic mass is 10.1. The van der Waals surface area contributed by atoms with Crippen LogP contribution in [-0.2, 0) is 4.74 Å². The van der Waals surface area contributed by atoms with Crippen LogP contribution in [-0.4, -0.2) is 55.2 Å². The molecule has 2 N–H and O–H groups in total. The average molecular weight is 354 g/mol. The summed E-state index contributed by atoms with van der Waals surface area (Å²) in [5.74, 6) is -0.102. The number of morpholine rings is 1. The van der Waals surface area contributed by atoms with Gasteiger partial charge in [-0.3, -0.25) is 14.7 Å². The zero-order valence-electron chi connectivity index (χ0n) is 15.4. The van der Waals surface area contributed by atoms with Crippen molar-refractivity contribution in [3.8, 4) is 0 Å². The van der Waals surface area contributed by atoms with E-state index in [1.807, 2.05) is 6.07 Å². The summed E-state index contributed by atoms with van der Waals surface area (Å²) >= 11 is 0. The molecule has 1 aromatic carbocycles. The number of nitrogens with zero attached hydrogens (tertiary/aromatic N) is 2. The van der Waals surface area contributed by atoms with E-state index in [4.69, 9.17) is 4.74 Å². The fraction of sp³-hybridized carbons (Fsp3) is 0.400. The Balaban J connectivity index is 1.56. The summed E-state index contributed by atoms with van der Waals surface area (Å²) in [5, 5.41) is 6.29. The highest BCUT2D eigenvalue weighted by atomic mass is 16.5. The molecule has 0 saturated carbocycles. The minimum absolute atomic E-state index is 0.102. The number of pyridine rings is 1. The van der Waals surface area contributed by atoms with E-state index in [-0.39, 0.29) is 5.91 Å². The number of carbonyl (C=O) groups excluding carboxylic acids is 1. The van der Waals surface area contributed by atoms with Gasteiger partial charge in [0.2, 0.25) is 0 Å². The molecule has 1 aromatic heterocycles. The first kappa shape index (κ1) is 18.4. The van der Waals surface area contributed by atoms with Crippen molar-refractivity contribution < 1.29 is 9.53 Å². The number of hydrogen-bond donors (Lipinski definition) is 2. The molecule has 3 rings (SSSR count). The second-order valence-electron chi connectivity index (χ2n) is 6.67. The molecule has 26 heavy (non-hydrogen) atoms. The predicted octanol–water partition coefficient (Wildman–Crippen LogP) is 2.50. The van der Waals surface area contributed by atoms with Gasteiger partial charge in [-0.25, -0.2) is 0 Å². The van der Waals surface area contributed by atoms with Crippen LogP contribution in [0, 0.1) is 13.8 Å². The topological polar surface area (TPSA) is 66.5 Å². The number of aromatic nitrogens is 1. The average Bonchev–Trinajstić information content (AvgIpc) is 2.62. The second kappa shape index (κ2) is 8.78. The smallest absolute Gasteiger partial charge is 0.252 e. The first-order chi connectivity index (χ1) is 12.6. The number of carbonyl (C=O) groups is 1. The Kier molecular flexibility index (Phi) is 6.20. The van der Waals surface area contributed by atoms with Gasteiger partial charge in [0.25, 0.3) is 5.91 Å². The summed E-state index contributed by atoms with van der Waals surface area (Å²) in [6.07, 6.45) is 3.32. The van der Waals surface area contributed by atoms with Crippen molar-refractivity contribution in [2.75, 3.05) is 44.7 Å². The standard InChI is InChI=1S/C20H26N4O2/c1-15-9-16(2)11-18(10-15)23-19-12-17(13-21-14-19)20(25)22-3-4-24-5-7-26-8-6-24/h9-14,23H,3-8H2,1-2H3,(H,22,25). The highest BCUT2D eigenvalue weighted by Gasteiger charge is 2.11. The van der Waals surface area contributed by atoms with E-state index in [9.17, 15) is 4.79 Å². The fourth-order valence-electron chi connectivity index (χ4n) is 3.10. The molecule has 1 saturated heterocycles. The van der Waals surface area contributed by atoms with Crippen LogP contribution in [0.2, 0.25) is 0 Å². The van der Waals surface area contributed by atoms with Crippen LogP contribution in [0.1, 0.15) is 21.5 Å². The number of ether oxygens (including phenoxy) is 1. The van der Waals surface area contributed by atoms with Crippen LogP contribution >= 0.6 is 0 Å². The van der Waals surface area contributed by atoms with E-state index in [0.717, 1.165) is 44.2 Å². The number of amides is 1. The minimum atomic E-state index is -0.102. The summed E-state index contributed by atoms with van der Waals surface area (Å²) in [6.45, 7) is 8.97. The van der Waals surface area contributed by atoms with Gasteiger partial charge in [0.05, 0.1) is 30.7 Å². The van der Waals surface area contributed by atoms with Crippen molar-refractivity contribution in [3.63, 3.8) is 0 Å². The Hall–Kier alpha value is -2.44. The number of aryl methyl sites for hydroxylation is 2. The Morgan fingerprint density at radius 2 is 1.81 bits per heavy atom. The molecule has 0 aliphatic carbocycles. The first-order valence-electron chi connectivity index (χ1n) is 8.99. The van der Waals surface area contributed by atoms with Crippen molar-refractivity contribution in [2.45, 2.75) is 13.8 Å². The Morgan fingerprint density at radius 3 is 2.54 bits per heavy atom. The van der Waals surface area contributed by atoms with Crippen LogP contribution in [0.5, 0.6) is 0 Å². The fourth-order valence-corrected chi connectivity index (χ4v) is 3.10. The maximum atomic E-state index is 12.4. The third kappa shape index (κ3) is 5.28. The molecule has 6 nitrogen and oxygen atoms in total. The SMILES string of the molecule is Cc1cc(C)cc(Nc2cncc(C(=O)NCCN3CCOCC3)c2)c1. The van der Waals surface area contributed by atoms with E-state index in [1.54, 1.807) is 12.4 Å². The second-order valence-corrected chi connectivity index (χ2v) is 6.67. The molecule has 0 bridgehead atoms. The van der Waals surface area contributed by atoms with Gasteiger partial charge in [0.1, 0.15) is 0 Å². The molecule has 0 unspecified atom stereocenters. The minimum Gasteiger partial charge on any atom is -0.379 e. The van der Waals surface area contributed by atoms with Crippen LogP contribution in [0.4, 0.5) is 11.4 Å². The monoisotopic (exact) mass is 354 g/mol. The van der Waals surface area contributed by atoms with Gasteiger partial charge < -0.3 is 15.4 Å². The van der Waals surface area contributed by atoms with Gasteiger partial charge in [0, 0.05) is 38.1 Å². The zero-order chi connectivity index (χ0) is 18.4. The van der Waals surface area contributed by atoms with Crippen molar-refractivity contribution in [2.24, 2.45) is 0 Å². The van der Waals surface area contributed by atoms with Crippen LogP contribution in [0.15, 0.2) is 36.7 Å². The molecular formula is C20H26N4O2. The van der Waals surface area contributed by atoms with E-state index in [0.29, 0.717) is 12.1 Å². The summed E-state index contributed by atoms with van der Waals surface area (Å²) in [7, 11) is 0. The summed E-state index contributed by atoms with van der Waals surface area (Å²) in [5.41, 5.74) is 4.74. The lowest BCUT2D eigenvalue weighted by Gasteiger charge is -2.26. The third-order valence-corrected chi connectivity index (χ3v) is 4.33. The Labute approximate surface area is 154 Å². The van der Waals surface area contributed by atoms with Crippen molar-refractivity contribution >= 4 is 17.3 Å². The van der Waals surface area contributed by atoms with Gasteiger partial charge in [-0.15, -0.1) is 0 Å². The van der Waals surface area contributed by atoms with Gasteiger partial charge in [-0.1, -0.05) is 6.07 Å². The normalized spacial score (nSPS) is 14.8. The molecule has 1 fully saturated rings. The van der Waals surface area contributed by atoms with E-state index >= 15 is 0 Å². The largest absolute Gasteiger partial charge is 0.379 e. The van der Waals surface area contributed by atoms with Crippen LogP contribution < -0.4 is 10.6 Å². The maximum absolute atomic E-state index is 12.4. The molecule has 1 aliphatic rings. The molecule has 1 amide bonds. The quantitative estimate of drug-likeness (QED) is 0.834. The number of benzene rings is 1.